The molecule has 2 N–H and O–H groups in total. The molecule has 0 aromatic heterocycles. The summed E-state index contributed by atoms with van der Waals surface area (Å²) in [6.45, 7) is 3.06. The SMILES string of the molecule is CC1CCN(C(=O)c2cccc(Nc3ccc(C#N)cc3)c2)CC1O. The lowest BCUT2D eigenvalue weighted by Crippen LogP contribution is -2.45. The Hall–Kier alpha value is -2.84. The Morgan fingerprint density at radius 1 is 1.24 bits per heavy atom. The quantitative estimate of drug-likeness (QED) is 0.903. The van der Waals surface area contributed by atoms with Crippen molar-refractivity contribution in [2.75, 3.05) is 18.4 Å². The number of amides is 1. The summed E-state index contributed by atoms with van der Waals surface area (Å²) in [5.41, 5.74) is 2.86. The lowest BCUT2D eigenvalue weighted by molar-refractivity contribution is 0.0248. The molecule has 1 amide bonds. The fraction of sp³-hybridized carbons (Fsp3) is 0.300. The highest BCUT2D eigenvalue weighted by molar-refractivity contribution is 5.95. The predicted octanol–water partition coefficient (Wildman–Crippen LogP) is 3.14. The monoisotopic (exact) mass is 335 g/mol. The number of aliphatic hydroxyl groups excluding tert-OH is 1. The van der Waals surface area contributed by atoms with E-state index in [-0.39, 0.29) is 11.8 Å². The Labute approximate surface area is 147 Å². The summed E-state index contributed by atoms with van der Waals surface area (Å²) in [4.78, 5) is 14.4. The van der Waals surface area contributed by atoms with E-state index in [1.165, 1.54) is 0 Å². The van der Waals surface area contributed by atoms with Crippen LogP contribution in [0.3, 0.4) is 0 Å². The van der Waals surface area contributed by atoms with Crippen LogP contribution in [0.1, 0.15) is 29.3 Å². The molecule has 1 saturated heterocycles. The minimum absolute atomic E-state index is 0.0607. The molecule has 2 aromatic rings. The predicted molar refractivity (Wildman–Crippen MR) is 96.6 cm³/mol. The average Bonchev–Trinajstić information content (AvgIpc) is 2.64. The van der Waals surface area contributed by atoms with Gasteiger partial charge in [-0.05, 0) is 54.8 Å². The molecule has 1 aliphatic heterocycles. The molecule has 0 bridgehead atoms. The number of anilines is 2. The standard InChI is InChI=1S/C20H21N3O2/c1-14-9-10-23(13-19(14)24)20(25)16-3-2-4-18(11-16)22-17-7-5-15(12-21)6-8-17/h2-8,11,14,19,22,24H,9-10,13H2,1H3. The summed E-state index contributed by atoms with van der Waals surface area (Å²) < 4.78 is 0. The van der Waals surface area contributed by atoms with Gasteiger partial charge in [-0.2, -0.15) is 5.26 Å². The van der Waals surface area contributed by atoms with Crippen molar-refractivity contribution in [3.05, 3.63) is 59.7 Å². The molecular weight excluding hydrogens is 314 g/mol. The van der Waals surface area contributed by atoms with Gasteiger partial charge in [-0.15, -0.1) is 0 Å². The van der Waals surface area contributed by atoms with Gasteiger partial charge >= 0.3 is 0 Å². The number of carbonyl (C=O) groups excluding carboxylic acids is 1. The number of nitriles is 1. The molecule has 2 unspecified atom stereocenters. The van der Waals surface area contributed by atoms with Gasteiger partial charge < -0.3 is 15.3 Å². The first-order chi connectivity index (χ1) is 12.1. The van der Waals surface area contributed by atoms with Crippen molar-refractivity contribution in [2.45, 2.75) is 19.4 Å². The van der Waals surface area contributed by atoms with Crippen LogP contribution in [-0.2, 0) is 0 Å². The van der Waals surface area contributed by atoms with E-state index in [9.17, 15) is 9.90 Å². The van der Waals surface area contributed by atoms with Gasteiger partial charge in [0.15, 0.2) is 0 Å². The molecule has 0 saturated carbocycles. The molecule has 5 nitrogen and oxygen atoms in total. The third-order valence-electron chi connectivity index (χ3n) is 4.62. The normalized spacial score (nSPS) is 20.0. The number of carbonyl (C=O) groups is 1. The second kappa shape index (κ2) is 7.37. The molecule has 25 heavy (non-hydrogen) atoms. The maximum atomic E-state index is 12.7. The van der Waals surface area contributed by atoms with Crippen molar-refractivity contribution in [1.29, 1.82) is 5.26 Å². The molecule has 1 fully saturated rings. The smallest absolute Gasteiger partial charge is 0.254 e. The molecule has 2 aromatic carbocycles. The molecule has 128 valence electrons. The van der Waals surface area contributed by atoms with Crippen molar-refractivity contribution in [3.63, 3.8) is 0 Å². The van der Waals surface area contributed by atoms with Crippen LogP contribution in [0.15, 0.2) is 48.5 Å². The topological polar surface area (TPSA) is 76.4 Å². The number of nitrogens with zero attached hydrogens (tertiary/aromatic N) is 2. The average molecular weight is 335 g/mol. The zero-order valence-corrected chi connectivity index (χ0v) is 14.1. The van der Waals surface area contributed by atoms with Crippen LogP contribution in [-0.4, -0.2) is 35.1 Å². The Morgan fingerprint density at radius 2 is 2.00 bits per heavy atom. The lowest BCUT2D eigenvalue weighted by Gasteiger charge is -2.34. The maximum absolute atomic E-state index is 12.7. The third-order valence-corrected chi connectivity index (χ3v) is 4.62. The van der Waals surface area contributed by atoms with Gasteiger partial charge in [0.2, 0.25) is 0 Å². The molecule has 2 atom stereocenters. The fourth-order valence-electron chi connectivity index (χ4n) is 2.94. The van der Waals surface area contributed by atoms with Crippen molar-refractivity contribution in [3.8, 4) is 6.07 Å². The minimum atomic E-state index is -0.461. The number of benzene rings is 2. The Bertz CT molecular complexity index is 795. The van der Waals surface area contributed by atoms with E-state index in [4.69, 9.17) is 5.26 Å². The molecule has 1 heterocycles. The van der Waals surface area contributed by atoms with Gasteiger partial charge in [-0.25, -0.2) is 0 Å². The Kier molecular flexibility index (Phi) is 5.01. The largest absolute Gasteiger partial charge is 0.391 e. The number of hydrogen-bond donors (Lipinski definition) is 2. The van der Waals surface area contributed by atoms with Gasteiger partial charge in [0, 0.05) is 30.0 Å². The highest BCUT2D eigenvalue weighted by atomic mass is 16.3. The first-order valence-corrected chi connectivity index (χ1v) is 8.41. The number of likely N-dealkylation sites (tertiary alicyclic amines) is 1. The molecule has 0 spiro atoms. The highest BCUT2D eigenvalue weighted by Crippen LogP contribution is 2.22. The van der Waals surface area contributed by atoms with Gasteiger partial charge in [0.05, 0.1) is 17.7 Å². The number of hydrogen-bond acceptors (Lipinski definition) is 4. The van der Waals surface area contributed by atoms with Crippen LogP contribution in [0.2, 0.25) is 0 Å². The number of aliphatic hydroxyl groups is 1. The van der Waals surface area contributed by atoms with Crippen LogP contribution in [0.5, 0.6) is 0 Å². The summed E-state index contributed by atoms with van der Waals surface area (Å²) in [7, 11) is 0. The van der Waals surface area contributed by atoms with Crippen molar-refractivity contribution >= 4 is 17.3 Å². The van der Waals surface area contributed by atoms with Gasteiger partial charge in [-0.1, -0.05) is 13.0 Å². The summed E-state index contributed by atoms with van der Waals surface area (Å²) in [5, 5.41) is 22.1. The van der Waals surface area contributed by atoms with Crippen LogP contribution in [0.25, 0.3) is 0 Å². The van der Waals surface area contributed by atoms with Gasteiger partial charge in [0.25, 0.3) is 5.91 Å². The minimum Gasteiger partial charge on any atom is -0.391 e. The van der Waals surface area contributed by atoms with Crippen LogP contribution in [0, 0.1) is 17.2 Å². The lowest BCUT2D eigenvalue weighted by atomic mass is 9.95. The second-order valence-electron chi connectivity index (χ2n) is 6.48. The zero-order valence-electron chi connectivity index (χ0n) is 14.1. The number of rotatable bonds is 3. The van der Waals surface area contributed by atoms with Crippen LogP contribution in [0.4, 0.5) is 11.4 Å². The molecule has 0 radical (unpaired) electrons. The van der Waals surface area contributed by atoms with Crippen molar-refractivity contribution in [1.82, 2.24) is 4.90 Å². The van der Waals surface area contributed by atoms with E-state index < -0.39 is 6.10 Å². The number of nitrogens with one attached hydrogen (secondary N) is 1. The Balaban J connectivity index is 1.72. The van der Waals surface area contributed by atoms with Gasteiger partial charge in [-0.3, -0.25) is 4.79 Å². The maximum Gasteiger partial charge on any atom is 0.254 e. The summed E-state index contributed by atoms with van der Waals surface area (Å²) >= 11 is 0. The first kappa shape index (κ1) is 17.0. The zero-order chi connectivity index (χ0) is 17.8. The van der Waals surface area contributed by atoms with E-state index in [0.717, 1.165) is 17.8 Å². The van der Waals surface area contributed by atoms with Crippen LogP contribution < -0.4 is 5.32 Å². The summed E-state index contributed by atoms with van der Waals surface area (Å²) in [6.07, 6.45) is 0.355. The Morgan fingerprint density at radius 3 is 2.68 bits per heavy atom. The first-order valence-electron chi connectivity index (χ1n) is 8.41. The molecule has 0 aliphatic carbocycles. The number of β-amino-alcohol motifs (C(OH)–C–C–N with tert-alkyl or cyclic N) is 1. The van der Waals surface area contributed by atoms with Gasteiger partial charge in [0.1, 0.15) is 0 Å². The molecule has 5 heteroatoms. The second-order valence-corrected chi connectivity index (χ2v) is 6.48. The van der Waals surface area contributed by atoms with E-state index in [1.54, 1.807) is 23.1 Å². The van der Waals surface area contributed by atoms with Crippen LogP contribution >= 0.6 is 0 Å². The van der Waals surface area contributed by atoms with Crippen molar-refractivity contribution in [2.24, 2.45) is 5.92 Å². The molecule has 3 rings (SSSR count). The van der Waals surface area contributed by atoms with E-state index in [2.05, 4.69) is 11.4 Å². The summed E-state index contributed by atoms with van der Waals surface area (Å²) in [5.74, 6) is 0.169. The molecular formula is C20H21N3O2. The fourth-order valence-corrected chi connectivity index (χ4v) is 2.94. The third kappa shape index (κ3) is 3.98. The van der Waals surface area contributed by atoms with Crippen molar-refractivity contribution < 1.29 is 9.90 Å². The molecule has 1 aliphatic rings. The highest BCUT2D eigenvalue weighted by Gasteiger charge is 2.27. The van der Waals surface area contributed by atoms with E-state index in [1.807, 2.05) is 37.3 Å². The summed E-state index contributed by atoms with van der Waals surface area (Å²) in [6, 6.07) is 16.6. The van der Waals surface area contributed by atoms with E-state index in [0.29, 0.717) is 24.2 Å². The number of piperidine rings is 1. The van der Waals surface area contributed by atoms with E-state index >= 15 is 0 Å².